The molecule has 0 aliphatic carbocycles. The topological polar surface area (TPSA) is 56.0 Å². The molecule has 0 atom stereocenters. The summed E-state index contributed by atoms with van der Waals surface area (Å²) in [6.45, 7) is 5.86. The molecule has 0 saturated carbocycles. The van der Waals surface area contributed by atoms with E-state index in [2.05, 4.69) is 17.5 Å². The van der Waals surface area contributed by atoms with Crippen molar-refractivity contribution in [2.24, 2.45) is 5.41 Å². The second-order valence-electron chi connectivity index (χ2n) is 5.61. The van der Waals surface area contributed by atoms with Crippen molar-refractivity contribution in [2.45, 2.75) is 46.3 Å². The summed E-state index contributed by atoms with van der Waals surface area (Å²) in [5, 5.41) is 21.4. The summed E-state index contributed by atoms with van der Waals surface area (Å²) in [6.07, 6.45) is 3.11. The number of nitrogens with one attached hydrogen (secondary N) is 1. The summed E-state index contributed by atoms with van der Waals surface area (Å²) in [5.74, 6) is 0. The molecule has 3 nitrogen and oxygen atoms in total. The van der Waals surface area contributed by atoms with Crippen molar-refractivity contribution in [3.05, 3.63) is 35.4 Å². The fourth-order valence-electron chi connectivity index (χ4n) is 1.94. The molecule has 0 fully saturated rings. The molecule has 104 valence electrons. The maximum atomic E-state index is 9.06. The lowest BCUT2D eigenvalue weighted by Crippen LogP contribution is -2.16. The van der Waals surface area contributed by atoms with Gasteiger partial charge in [0.25, 0.3) is 0 Å². The van der Waals surface area contributed by atoms with Crippen LogP contribution in [0.2, 0.25) is 0 Å². The van der Waals surface area contributed by atoms with Crippen LogP contribution in [-0.4, -0.2) is 11.7 Å². The molecule has 1 aromatic rings. The van der Waals surface area contributed by atoms with Crippen LogP contribution in [0.25, 0.3) is 0 Å². The van der Waals surface area contributed by atoms with E-state index in [1.165, 1.54) is 5.56 Å². The van der Waals surface area contributed by atoms with Gasteiger partial charge in [0.2, 0.25) is 0 Å². The van der Waals surface area contributed by atoms with Crippen LogP contribution in [-0.2, 0) is 13.2 Å². The molecule has 0 aliphatic rings. The van der Waals surface area contributed by atoms with Gasteiger partial charge in [0.05, 0.1) is 18.1 Å². The molecule has 1 aromatic carbocycles. The Bertz CT molecular complexity index is 421. The van der Waals surface area contributed by atoms with Crippen LogP contribution in [0.4, 0.5) is 0 Å². The number of aliphatic hydroxyl groups is 1. The van der Waals surface area contributed by atoms with Gasteiger partial charge in [0, 0.05) is 6.54 Å². The molecule has 0 bridgehead atoms. The van der Waals surface area contributed by atoms with E-state index in [0.717, 1.165) is 37.9 Å². The molecule has 0 heterocycles. The van der Waals surface area contributed by atoms with Gasteiger partial charge < -0.3 is 10.4 Å². The SMILES string of the molecule is CC(C)(C#N)CCCCNCc1cccc(CO)c1. The molecule has 0 saturated heterocycles. The first-order chi connectivity index (χ1) is 9.07. The van der Waals surface area contributed by atoms with Crippen LogP contribution in [0, 0.1) is 16.7 Å². The van der Waals surface area contributed by atoms with Gasteiger partial charge in [-0.05, 0) is 44.4 Å². The van der Waals surface area contributed by atoms with Crippen molar-refractivity contribution in [3.8, 4) is 6.07 Å². The lowest BCUT2D eigenvalue weighted by molar-refractivity contribution is 0.281. The highest BCUT2D eigenvalue weighted by atomic mass is 16.3. The minimum absolute atomic E-state index is 0.0943. The van der Waals surface area contributed by atoms with Gasteiger partial charge in [0.1, 0.15) is 0 Å². The van der Waals surface area contributed by atoms with Crippen LogP contribution >= 0.6 is 0 Å². The van der Waals surface area contributed by atoms with Gasteiger partial charge in [-0.2, -0.15) is 5.26 Å². The molecule has 0 aliphatic heterocycles. The molecule has 0 radical (unpaired) electrons. The number of nitrogens with zero attached hydrogens (tertiary/aromatic N) is 1. The summed E-state index contributed by atoms with van der Waals surface area (Å²) in [7, 11) is 0. The Labute approximate surface area is 116 Å². The summed E-state index contributed by atoms with van der Waals surface area (Å²) in [5.41, 5.74) is 1.95. The number of rotatable bonds is 8. The zero-order valence-electron chi connectivity index (χ0n) is 11.9. The van der Waals surface area contributed by atoms with Crippen molar-refractivity contribution >= 4 is 0 Å². The molecule has 19 heavy (non-hydrogen) atoms. The molecular weight excluding hydrogens is 236 g/mol. The monoisotopic (exact) mass is 260 g/mol. The predicted octanol–water partition coefficient (Wildman–Crippen LogP) is 2.99. The fourth-order valence-corrected chi connectivity index (χ4v) is 1.94. The van der Waals surface area contributed by atoms with Crippen molar-refractivity contribution in [3.63, 3.8) is 0 Å². The third-order valence-corrected chi connectivity index (χ3v) is 3.21. The second-order valence-corrected chi connectivity index (χ2v) is 5.61. The fraction of sp³-hybridized carbons (Fsp3) is 0.562. The Morgan fingerprint density at radius 3 is 2.68 bits per heavy atom. The molecule has 0 aromatic heterocycles. The highest BCUT2D eigenvalue weighted by molar-refractivity contribution is 5.22. The Balaban J connectivity index is 2.16. The Morgan fingerprint density at radius 2 is 2.00 bits per heavy atom. The van der Waals surface area contributed by atoms with Gasteiger partial charge in [-0.3, -0.25) is 0 Å². The minimum Gasteiger partial charge on any atom is -0.392 e. The highest BCUT2D eigenvalue weighted by Gasteiger charge is 2.15. The van der Waals surface area contributed by atoms with Crippen molar-refractivity contribution in [2.75, 3.05) is 6.54 Å². The van der Waals surface area contributed by atoms with Gasteiger partial charge in [-0.15, -0.1) is 0 Å². The maximum Gasteiger partial charge on any atom is 0.0683 e. The van der Waals surface area contributed by atoms with E-state index >= 15 is 0 Å². The zero-order chi connectivity index (χ0) is 14.1. The molecule has 1 rings (SSSR count). The Hall–Kier alpha value is -1.37. The largest absolute Gasteiger partial charge is 0.392 e. The smallest absolute Gasteiger partial charge is 0.0683 e. The molecular formula is C16H24N2O. The second kappa shape index (κ2) is 7.93. The van der Waals surface area contributed by atoms with Gasteiger partial charge >= 0.3 is 0 Å². The number of aliphatic hydroxyl groups excluding tert-OH is 1. The van der Waals surface area contributed by atoms with Gasteiger partial charge in [0.15, 0.2) is 0 Å². The van der Waals surface area contributed by atoms with Gasteiger partial charge in [-0.1, -0.05) is 30.7 Å². The van der Waals surface area contributed by atoms with E-state index in [1.807, 2.05) is 32.0 Å². The van der Waals surface area contributed by atoms with E-state index in [1.54, 1.807) is 0 Å². The Kier molecular flexibility index (Phi) is 6.55. The maximum absolute atomic E-state index is 9.06. The van der Waals surface area contributed by atoms with E-state index in [9.17, 15) is 0 Å². The average Bonchev–Trinajstić information content (AvgIpc) is 2.43. The molecule has 3 heteroatoms. The standard InChI is InChI=1S/C16H24N2O/c1-16(2,13-17)8-3-4-9-18-11-14-6-5-7-15(10-14)12-19/h5-7,10,18-19H,3-4,8-9,11-12H2,1-2H3. The average molecular weight is 260 g/mol. The van der Waals surface area contributed by atoms with Crippen LogP contribution < -0.4 is 5.32 Å². The molecule has 2 N–H and O–H groups in total. The van der Waals surface area contributed by atoms with Crippen LogP contribution in [0.15, 0.2) is 24.3 Å². The first-order valence-electron chi connectivity index (χ1n) is 6.88. The summed E-state index contributed by atoms with van der Waals surface area (Å²) in [6, 6.07) is 10.3. The quantitative estimate of drug-likeness (QED) is 0.706. The number of unbranched alkanes of at least 4 members (excludes halogenated alkanes) is 1. The van der Waals surface area contributed by atoms with Gasteiger partial charge in [-0.25, -0.2) is 0 Å². The predicted molar refractivity (Wildman–Crippen MR) is 77.3 cm³/mol. The van der Waals surface area contributed by atoms with E-state index in [-0.39, 0.29) is 12.0 Å². The summed E-state index contributed by atoms with van der Waals surface area (Å²) < 4.78 is 0. The third kappa shape index (κ3) is 6.37. The molecule has 0 spiro atoms. The van der Waals surface area contributed by atoms with E-state index in [4.69, 9.17) is 10.4 Å². The highest BCUT2D eigenvalue weighted by Crippen LogP contribution is 2.21. The van der Waals surface area contributed by atoms with Crippen LogP contribution in [0.1, 0.15) is 44.2 Å². The van der Waals surface area contributed by atoms with Crippen molar-refractivity contribution in [1.82, 2.24) is 5.32 Å². The van der Waals surface area contributed by atoms with E-state index < -0.39 is 0 Å². The first-order valence-corrected chi connectivity index (χ1v) is 6.88. The third-order valence-electron chi connectivity index (χ3n) is 3.21. The Morgan fingerprint density at radius 1 is 1.26 bits per heavy atom. The molecule has 0 unspecified atom stereocenters. The summed E-state index contributed by atoms with van der Waals surface area (Å²) in [4.78, 5) is 0. The number of nitriles is 1. The normalized spacial score (nSPS) is 11.3. The minimum atomic E-state index is -0.199. The lowest BCUT2D eigenvalue weighted by atomic mass is 9.89. The van der Waals surface area contributed by atoms with Crippen molar-refractivity contribution in [1.29, 1.82) is 5.26 Å². The summed E-state index contributed by atoms with van der Waals surface area (Å²) >= 11 is 0. The van der Waals surface area contributed by atoms with Crippen LogP contribution in [0.3, 0.4) is 0 Å². The first kappa shape index (κ1) is 15.7. The van der Waals surface area contributed by atoms with Crippen molar-refractivity contribution < 1.29 is 5.11 Å². The number of hydrogen-bond donors (Lipinski definition) is 2. The van der Waals surface area contributed by atoms with E-state index in [0.29, 0.717) is 0 Å². The zero-order valence-corrected chi connectivity index (χ0v) is 11.9. The number of hydrogen-bond acceptors (Lipinski definition) is 3. The number of benzene rings is 1. The lowest BCUT2D eigenvalue weighted by Gasteiger charge is -2.14. The molecule has 0 amide bonds. The van der Waals surface area contributed by atoms with Crippen LogP contribution in [0.5, 0.6) is 0 Å².